The minimum Gasteiger partial charge on any atom is -0.361 e. The lowest BCUT2D eigenvalue weighted by molar-refractivity contribution is 0.400. The van der Waals surface area contributed by atoms with Gasteiger partial charge in [0.05, 0.1) is 6.07 Å². The van der Waals surface area contributed by atoms with E-state index in [0.717, 1.165) is 13.1 Å². The first-order valence-corrected chi connectivity index (χ1v) is 4.30. The highest BCUT2D eigenvalue weighted by Crippen LogP contribution is 2.16. The summed E-state index contributed by atoms with van der Waals surface area (Å²) < 4.78 is 4.99. The molecule has 0 radical (unpaired) electrons. The summed E-state index contributed by atoms with van der Waals surface area (Å²) in [7, 11) is 0. The third kappa shape index (κ3) is 1.37. The maximum Gasteiger partial charge on any atom is 0.282 e. The third-order valence-electron chi connectivity index (χ3n) is 2.18. The Balaban J connectivity index is 2.13. The van der Waals surface area contributed by atoms with Crippen molar-refractivity contribution in [1.82, 2.24) is 5.16 Å². The zero-order valence-corrected chi connectivity index (χ0v) is 6.88. The Hall–Kier alpha value is -1.19. The zero-order valence-electron chi connectivity index (χ0n) is 6.88. The predicted octanol–water partition coefficient (Wildman–Crippen LogP) is 0.958. The highest BCUT2D eigenvalue weighted by molar-refractivity contribution is 5.33. The maximum atomic E-state index is 10.8. The van der Waals surface area contributed by atoms with E-state index in [4.69, 9.17) is 4.52 Å². The number of H-pyrrole nitrogens is 1. The third-order valence-corrected chi connectivity index (χ3v) is 2.18. The van der Waals surface area contributed by atoms with Gasteiger partial charge in [-0.1, -0.05) is 0 Å². The molecule has 2 rings (SSSR count). The van der Waals surface area contributed by atoms with Crippen LogP contribution in [0.2, 0.25) is 0 Å². The highest BCUT2D eigenvalue weighted by Gasteiger charge is 2.13. The second-order valence-corrected chi connectivity index (χ2v) is 3.10. The summed E-state index contributed by atoms with van der Waals surface area (Å²) in [5, 5.41) is 2.29. The van der Waals surface area contributed by atoms with Crippen molar-refractivity contribution in [3.8, 4) is 0 Å². The van der Waals surface area contributed by atoms with Crippen molar-refractivity contribution in [2.75, 3.05) is 18.0 Å². The van der Waals surface area contributed by atoms with Gasteiger partial charge in [-0.15, -0.1) is 0 Å². The van der Waals surface area contributed by atoms with Gasteiger partial charge in [-0.3, -0.25) is 4.79 Å². The number of rotatable bonds is 1. The van der Waals surface area contributed by atoms with Crippen LogP contribution in [0.4, 0.5) is 5.88 Å². The Morgan fingerprint density at radius 3 is 2.67 bits per heavy atom. The molecule has 66 valence electrons. The molecule has 1 aliphatic heterocycles. The number of nitrogens with one attached hydrogen (secondary N) is 1. The molecule has 4 heteroatoms. The first-order valence-electron chi connectivity index (χ1n) is 4.30. The van der Waals surface area contributed by atoms with Crippen molar-refractivity contribution in [3.63, 3.8) is 0 Å². The molecule has 0 aliphatic carbocycles. The van der Waals surface area contributed by atoms with E-state index in [2.05, 4.69) is 10.1 Å². The maximum absolute atomic E-state index is 10.8. The summed E-state index contributed by atoms with van der Waals surface area (Å²) in [6, 6.07) is 1.51. The van der Waals surface area contributed by atoms with Crippen molar-refractivity contribution in [3.05, 3.63) is 16.4 Å². The molecule has 0 atom stereocenters. The number of hydrogen-bond donors (Lipinski definition) is 1. The van der Waals surface area contributed by atoms with Gasteiger partial charge in [0.2, 0.25) is 5.88 Å². The second kappa shape index (κ2) is 3.05. The Labute approximate surface area is 70.1 Å². The molecule has 0 unspecified atom stereocenters. The molecule has 0 amide bonds. The molecule has 1 saturated heterocycles. The van der Waals surface area contributed by atoms with Crippen LogP contribution in [-0.2, 0) is 0 Å². The van der Waals surface area contributed by atoms with Gasteiger partial charge in [0.25, 0.3) is 5.56 Å². The molecule has 1 aliphatic rings. The molecule has 1 aromatic rings. The Morgan fingerprint density at radius 1 is 1.33 bits per heavy atom. The van der Waals surface area contributed by atoms with Crippen molar-refractivity contribution in [2.45, 2.75) is 19.3 Å². The first kappa shape index (κ1) is 7.46. The van der Waals surface area contributed by atoms with E-state index in [1.165, 1.54) is 25.3 Å². The van der Waals surface area contributed by atoms with Crippen LogP contribution in [0, 0.1) is 0 Å². The fourth-order valence-corrected chi connectivity index (χ4v) is 1.54. The molecular weight excluding hydrogens is 156 g/mol. The normalized spacial score (nSPS) is 18.2. The molecule has 4 nitrogen and oxygen atoms in total. The van der Waals surface area contributed by atoms with Gasteiger partial charge in [0, 0.05) is 13.1 Å². The Bertz CT molecular complexity index is 296. The van der Waals surface area contributed by atoms with E-state index in [1.54, 1.807) is 0 Å². The molecular formula is C8H12N2O2. The number of anilines is 1. The minimum atomic E-state index is -0.157. The summed E-state index contributed by atoms with van der Waals surface area (Å²) in [5.41, 5.74) is -0.157. The van der Waals surface area contributed by atoms with Crippen LogP contribution in [0.15, 0.2) is 15.4 Å². The minimum absolute atomic E-state index is 0.157. The number of piperidine rings is 1. The van der Waals surface area contributed by atoms with E-state index in [9.17, 15) is 4.79 Å². The fourth-order valence-electron chi connectivity index (χ4n) is 1.54. The van der Waals surface area contributed by atoms with Crippen molar-refractivity contribution in [1.29, 1.82) is 0 Å². The van der Waals surface area contributed by atoms with Crippen LogP contribution in [0.5, 0.6) is 0 Å². The van der Waals surface area contributed by atoms with Crippen molar-refractivity contribution in [2.24, 2.45) is 0 Å². The molecule has 12 heavy (non-hydrogen) atoms. The van der Waals surface area contributed by atoms with E-state index < -0.39 is 0 Å². The largest absolute Gasteiger partial charge is 0.361 e. The lowest BCUT2D eigenvalue weighted by Crippen LogP contribution is -2.28. The summed E-state index contributed by atoms with van der Waals surface area (Å²) in [5.74, 6) is 0.680. The molecule has 0 aromatic carbocycles. The summed E-state index contributed by atoms with van der Waals surface area (Å²) in [4.78, 5) is 12.9. The standard InChI is InChI=1S/C8H12N2O2/c11-7-6-8(12-9-7)10-4-2-1-3-5-10/h6H,1-5H2,(H,9,11). The average molecular weight is 168 g/mol. The quantitative estimate of drug-likeness (QED) is 0.679. The Kier molecular flexibility index (Phi) is 1.89. The van der Waals surface area contributed by atoms with E-state index in [1.807, 2.05) is 0 Å². The number of hydrogen-bond acceptors (Lipinski definition) is 3. The van der Waals surface area contributed by atoms with Crippen LogP contribution in [-0.4, -0.2) is 18.2 Å². The molecule has 1 N–H and O–H groups in total. The van der Waals surface area contributed by atoms with Gasteiger partial charge in [0.1, 0.15) is 0 Å². The number of aromatic amines is 1. The number of nitrogens with zero attached hydrogens (tertiary/aromatic N) is 1. The zero-order chi connectivity index (χ0) is 8.39. The lowest BCUT2D eigenvalue weighted by atomic mass is 10.1. The summed E-state index contributed by atoms with van der Waals surface area (Å²) >= 11 is 0. The fraction of sp³-hybridized carbons (Fsp3) is 0.625. The highest BCUT2D eigenvalue weighted by atomic mass is 16.5. The lowest BCUT2D eigenvalue weighted by Gasteiger charge is -2.25. The van der Waals surface area contributed by atoms with Gasteiger partial charge in [-0.25, -0.2) is 0 Å². The van der Waals surface area contributed by atoms with Crippen LogP contribution < -0.4 is 10.5 Å². The molecule has 0 saturated carbocycles. The van der Waals surface area contributed by atoms with Crippen LogP contribution in [0.3, 0.4) is 0 Å². The van der Waals surface area contributed by atoms with Gasteiger partial charge >= 0.3 is 0 Å². The molecule has 1 fully saturated rings. The van der Waals surface area contributed by atoms with Gasteiger partial charge in [0.15, 0.2) is 0 Å². The second-order valence-electron chi connectivity index (χ2n) is 3.10. The van der Waals surface area contributed by atoms with Gasteiger partial charge in [-0.2, -0.15) is 5.16 Å². The first-order chi connectivity index (χ1) is 5.86. The topological polar surface area (TPSA) is 49.2 Å². The van der Waals surface area contributed by atoms with Crippen molar-refractivity contribution < 1.29 is 4.52 Å². The summed E-state index contributed by atoms with van der Waals surface area (Å²) in [6.45, 7) is 2.00. The van der Waals surface area contributed by atoms with E-state index >= 15 is 0 Å². The van der Waals surface area contributed by atoms with Gasteiger partial charge in [-0.05, 0) is 19.3 Å². The Morgan fingerprint density at radius 2 is 2.08 bits per heavy atom. The molecule has 0 spiro atoms. The smallest absolute Gasteiger partial charge is 0.282 e. The van der Waals surface area contributed by atoms with E-state index in [-0.39, 0.29) is 5.56 Å². The van der Waals surface area contributed by atoms with E-state index in [0.29, 0.717) is 5.88 Å². The number of aromatic nitrogens is 1. The van der Waals surface area contributed by atoms with Crippen LogP contribution in [0.1, 0.15) is 19.3 Å². The molecule has 2 heterocycles. The predicted molar refractivity (Wildman–Crippen MR) is 45.4 cm³/mol. The SMILES string of the molecule is O=c1cc(N2CCCCC2)o[nH]1. The van der Waals surface area contributed by atoms with Crippen LogP contribution in [0.25, 0.3) is 0 Å². The van der Waals surface area contributed by atoms with Crippen molar-refractivity contribution >= 4 is 5.88 Å². The summed E-state index contributed by atoms with van der Waals surface area (Å²) in [6.07, 6.45) is 3.66. The molecule has 0 bridgehead atoms. The van der Waals surface area contributed by atoms with Crippen LogP contribution >= 0.6 is 0 Å². The monoisotopic (exact) mass is 168 g/mol. The van der Waals surface area contributed by atoms with Gasteiger partial charge < -0.3 is 9.42 Å². The average Bonchev–Trinajstić information content (AvgIpc) is 2.54. The molecule has 1 aromatic heterocycles.